The summed E-state index contributed by atoms with van der Waals surface area (Å²) in [5, 5.41) is 14.1. The number of amides is 2. The van der Waals surface area contributed by atoms with Crippen LogP contribution in [0.3, 0.4) is 0 Å². The van der Waals surface area contributed by atoms with Gasteiger partial charge in [0, 0.05) is 6.54 Å². The second-order valence-corrected chi connectivity index (χ2v) is 5.80. The maximum absolute atomic E-state index is 12.3. The number of nitrogens with one attached hydrogen (secondary N) is 2. The van der Waals surface area contributed by atoms with E-state index in [2.05, 4.69) is 15.6 Å². The molecule has 0 radical (unpaired) electrons. The first-order valence-corrected chi connectivity index (χ1v) is 7.75. The quantitative estimate of drug-likeness (QED) is 0.143. The smallest absolute Gasteiger partial charge is 0.326 e. The minimum Gasteiger partial charge on any atom is -0.480 e. The molecule has 138 valence electrons. The van der Waals surface area contributed by atoms with Crippen LogP contribution in [0.2, 0.25) is 0 Å². The highest BCUT2D eigenvalue weighted by Gasteiger charge is 2.26. The lowest BCUT2D eigenvalue weighted by Crippen LogP contribution is -2.52. The summed E-state index contributed by atoms with van der Waals surface area (Å²) >= 11 is 0. The summed E-state index contributed by atoms with van der Waals surface area (Å²) in [7, 11) is 0. The van der Waals surface area contributed by atoms with Crippen LogP contribution in [0.25, 0.3) is 0 Å². The molecule has 0 saturated carbocycles. The molecule has 0 spiro atoms. The van der Waals surface area contributed by atoms with Crippen LogP contribution in [0.4, 0.5) is 0 Å². The molecule has 2 amide bonds. The third-order valence-electron chi connectivity index (χ3n) is 3.10. The van der Waals surface area contributed by atoms with Crippen molar-refractivity contribution >= 4 is 23.7 Å². The molecular formula is C14H28N6O4. The van der Waals surface area contributed by atoms with Crippen molar-refractivity contribution in [3.63, 3.8) is 0 Å². The number of guanidine groups is 1. The number of rotatable bonds is 11. The molecule has 0 heterocycles. The van der Waals surface area contributed by atoms with Crippen LogP contribution < -0.4 is 27.8 Å². The van der Waals surface area contributed by atoms with E-state index in [1.54, 1.807) is 0 Å². The van der Waals surface area contributed by atoms with Gasteiger partial charge in [-0.05, 0) is 25.2 Å². The normalized spacial score (nSPS) is 13.0. The summed E-state index contributed by atoms with van der Waals surface area (Å²) in [6, 6.07) is -1.92. The summed E-state index contributed by atoms with van der Waals surface area (Å²) in [5.74, 6) is -2.18. The summed E-state index contributed by atoms with van der Waals surface area (Å²) < 4.78 is 0. The van der Waals surface area contributed by atoms with Gasteiger partial charge in [0.25, 0.3) is 0 Å². The van der Waals surface area contributed by atoms with E-state index in [1.807, 2.05) is 13.8 Å². The van der Waals surface area contributed by atoms with Crippen LogP contribution >= 0.6 is 0 Å². The third kappa shape index (κ3) is 9.62. The van der Waals surface area contributed by atoms with Gasteiger partial charge in [-0.1, -0.05) is 13.8 Å². The number of carbonyl (C=O) groups is 3. The minimum absolute atomic E-state index is 0.0649. The molecule has 2 atom stereocenters. The molecule has 9 N–H and O–H groups in total. The number of carboxylic acids is 1. The summed E-state index contributed by atoms with van der Waals surface area (Å²) in [4.78, 5) is 38.8. The van der Waals surface area contributed by atoms with Crippen molar-refractivity contribution in [3.8, 4) is 0 Å². The molecule has 0 fully saturated rings. The molecule has 0 aromatic heterocycles. The van der Waals surface area contributed by atoms with Crippen molar-refractivity contribution in [2.24, 2.45) is 28.1 Å². The molecule has 0 aliphatic heterocycles. The standard InChI is InChI=1S/C14H28N6O4/c1-8(2)6-10(13(23)24)20-12(22)9(19-11(21)7-15)4-3-5-18-14(16)17/h8-10H,3-7,15H2,1-2H3,(H,19,21)(H,20,22)(H,23,24)(H4,16,17,18)/t9-,10-/m0/s1. The molecule has 0 rings (SSSR count). The zero-order valence-electron chi connectivity index (χ0n) is 14.1. The van der Waals surface area contributed by atoms with E-state index in [0.717, 1.165) is 0 Å². The van der Waals surface area contributed by atoms with E-state index in [-0.39, 0.29) is 31.3 Å². The maximum Gasteiger partial charge on any atom is 0.326 e. The fourth-order valence-electron chi connectivity index (χ4n) is 1.99. The first-order valence-electron chi connectivity index (χ1n) is 7.75. The Labute approximate surface area is 141 Å². The minimum atomic E-state index is -1.12. The predicted molar refractivity (Wildman–Crippen MR) is 89.9 cm³/mol. The van der Waals surface area contributed by atoms with Crippen LogP contribution in [-0.2, 0) is 14.4 Å². The topological polar surface area (TPSA) is 186 Å². The summed E-state index contributed by atoms with van der Waals surface area (Å²) in [5.41, 5.74) is 15.7. The Hall–Kier alpha value is -2.36. The lowest BCUT2D eigenvalue weighted by Gasteiger charge is -2.22. The Bertz CT molecular complexity index is 462. The van der Waals surface area contributed by atoms with Gasteiger partial charge < -0.3 is 32.9 Å². The van der Waals surface area contributed by atoms with Gasteiger partial charge in [0.1, 0.15) is 12.1 Å². The summed E-state index contributed by atoms with van der Waals surface area (Å²) in [6.07, 6.45) is 0.970. The fraction of sp³-hybridized carbons (Fsp3) is 0.714. The second kappa shape index (κ2) is 11.2. The largest absolute Gasteiger partial charge is 0.480 e. The first kappa shape index (κ1) is 21.6. The molecule has 0 aromatic carbocycles. The molecule has 10 heteroatoms. The average Bonchev–Trinajstić information content (AvgIpc) is 2.48. The van der Waals surface area contributed by atoms with Crippen molar-refractivity contribution in [1.29, 1.82) is 0 Å². The molecule has 24 heavy (non-hydrogen) atoms. The van der Waals surface area contributed by atoms with Gasteiger partial charge in [0.05, 0.1) is 6.54 Å². The molecule has 0 saturated heterocycles. The van der Waals surface area contributed by atoms with Crippen molar-refractivity contribution in [2.75, 3.05) is 13.1 Å². The molecule has 0 bridgehead atoms. The van der Waals surface area contributed by atoms with E-state index in [0.29, 0.717) is 13.0 Å². The number of hydrogen-bond acceptors (Lipinski definition) is 5. The molecule has 0 aliphatic rings. The Morgan fingerprint density at radius 1 is 1.12 bits per heavy atom. The van der Waals surface area contributed by atoms with Gasteiger partial charge in [0.2, 0.25) is 11.8 Å². The average molecular weight is 344 g/mol. The van der Waals surface area contributed by atoms with Crippen LogP contribution in [0.5, 0.6) is 0 Å². The number of nitrogens with two attached hydrogens (primary N) is 3. The van der Waals surface area contributed by atoms with Crippen LogP contribution in [-0.4, -0.2) is 54.0 Å². The van der Waals surface area contributed by atoms with E-state index in [1.165, 1.54) is 0 Å². The van der Waals surface area contributed by atoms with Crippen LogP contribution in [0.15, 0.2) is 4.99 Å². The number of nitrogens with zero attached hydrogens (tertiary/aromatic N) is 1. The molecule has 0 aliphatic carbocycles. The fourth-order valence-corrected chi connectivity index (χ4v) is 1.99. The lowest BCUT2D eigenvalue weighted by molar-refractivity contribution is -0.142. The molecule has 0 aromatic rings. The Morgan fingerprint density at radius 3 is 2.21 bits per heavy atom. The van der Waals surface area contributed by atoms with Crippen molar-refractivity contribution in [2.45, 2.75) is 45.2 Å². The Kier molecular flexibility index (Phi) is 10.1. The molecule has 0 unspecified atom stereocenters. The van der Waals surface area contributed by atoms with Gasteiger partial charge in [-0.2, -0.15) is 0 Å². The van der Waals surface area contributed by atoms with E-state index in [4.69, 9.17) is 17.2 Å². The highest BCUT2D eigenvalue weighted by atomic mass is 16.4. The second-order valence-electron chi connectivity index (χ2n) is 5.80. The van der Waals surface area contributed by atoms with Crippen molar-refractivity contribution in [3.05, 3.63) is 0 Å². The van der Waals surface area contributed by atoms with E-state index in [9.17, 15) is 19.5 Å². The first-order chi connectivity index (χ1) is 11.2. The summed E-state index contributed by atoms with van der Waals surface area (Å²) in [6.45, 7) is 3.72. The van der Waals surface area contributed by atoms with E-state index >= 15 is 0 Å². The zero-order valence-corrected chi connectivity index (χ0v) is 14.1. The third-order valence-corrected chi connectivity index (χ3v) is 3.10. The number of aliphatic carboxylic acids is 1. The van der Waals surface area contributed by atoms with Gasteiger partial charge >= 0.3 is 5.97 Å². The van der Waals surface area contributed by atoms with Gasteiger partial charge in [-0.3, -0.25) is 14.6 Å². The van der Waals surface area contributed by atoms with E-state index < -0.39 is 29.9 Å². The highest BCUT2D eigenvalue weighted by Crippen LogP contribution is 2.06. The zero-order chi connectivity index (χ0) is 18.7. The number of aliphatic imine (C=N–C) groups is 1. The van der Waals surface area contributed by atoms with Crippen LogP contribution in [0.1, 0.15) is 33.1 Å². The van der Waals surface area contributed by atoms with Gasteiger partial charge in [-0.25, -0.2) is 4.79 Å². The van der Waals surface area contributed by atoms with Crippen molar-refractivity contribution < 1.29 is 19.5 Å². The maximum atomic E-state index is 12.3. The predicted octanol–water partition coefficient (Wildman–Crippen LogP) is -1.90. The van der Waals surface area contributed by atoms with Gasteiger partial charge in [0.15, 0.2) is 5.96 Å². The molecular weight excluding hydrogens is 316 g/mol. The Balaban J connectivity index is 4.83. The number of carbonyl (C=O) groups excluding carboxylic acids is 2. The van der Waals surface area contributed by atoms with Crippen LogP contribution in [0, 0.1) is 5.92 Å². The molecule has 10 nitrogen and oxygen atoms in total. The lowest BCUT2D eigenvalue weighted by atomic mass is 10.0. The monoisotopic (exact) mass is 344 g/mol. The van der Waals surface area contributed by atoms with Gasteiger partial charge in [-0.15, -0.1) is 0 Å². The Morgan fingerprint density at radius 2 is 1.75 bits per heavy atom. The SMILES string of the molecule is CC(C)C[C@H](NC(=O)[C@H](CCCN=C(N)N)NC(=O)CN)C(=O)O. The number of carboxylic acid groups (broad SMARTS) is 1. The van der Waals surface area contributed by atoms with Crippen molar-refractivity contribution in [1.82, 2.24) is 10.6 Å². The highest BCUT2D eigenvalue weighted by molar-refractivity contribution is 5.90. The number of hydrogen-bond donors (Lipinski definition) is 6.